The van der Waals surface area contributed by atoms with E-state index in [0.717, 1.165) is 43.1 Å². The summed E-state index contributed by atoms with van der Waals surface area (Å²) in [5.74, 6) is 0.600. The first kappa shape index (κ1) is 13.6. The molecule has 3 rings (SSSR count). The number of nitrogens with one attached hydrogen (secondary N) is 1. The number of pyridine rings is 1. The van der Waals surface area contributed by atoms with Gasteiger partial charge in [-0.25, -0.2) is 4.98 Å². The number of aromatic nitrogens is 1. The van der Waals surface area contributed by atoms with Gasteiger partial charge in [-0.2, -0.15) is 0 Å². The normalized spacial score (nSPS) is 15.0. The van der Waals surface area contributed by atoms with Crippen molar-refractivity contribution in [3.63, 3.8) is 0 Å². The smallest absolute Gasteiger partial charge is 0.248 e. The molecule has 1 saturated heterocycles. The van der Waals surface area contributed by atoms with Crippen LogP contribution in [0, 0.1) is 0 Å². The van der Waals surface area contributed by atoms with Crippen molar-refractivity contribution in [3.05, 3.63) is 48.2 Å². The highest BCUT2D eigenvalue weighted by molar-refractivity contribution is 5.93. The van der Waals surface area contributed by atoms with E-state index in [1.54, 1.807) is 12.1 Å². The molecule has 1 aliphatic heterocycles. The Kier molecular flexibility index (Phi) is 3.83. The number of piperazine rings is 1. The summed E-state index contributed by atoms with van der Waals surface area (Å²) in [5.41, 5.74) is 7.82. The van der Waals surface area contributed by atoms with Crippen LogP contribution >= 0.6 is 0 Å². The van der Waals surface area contributed by atoms with Gasteiger partial charge in [0.05, 0.1) is 0 Å². The second-order valence-corrected chi connectivity index (χ2v) is 5.08. The molecular weight excluding hydrogens is 264 g/mol. The van der Waals surface area contributed by atoms with Crippen molar-refractivity contribution in [3.8, 4) is 11.1 Å². The highest BCUT2D eigenvalue weighted by atomic mass is 16.1. The number of rotatable bonds is 3. The van der Waals surface area contributed by atoms with E-state index in [1.807, 2.05) is 24.4 Å². The van der Waals surface area contributed by atoms with Crippen LogP contribution < -0.4 is 16.0 Å². The molecule has 0 radical (unpaired) electrons. The molecule has 1 aromatic carbocycles. The van der Waals surface area contributed by atoms with Crippen molar-refractivity contribution in [1.29, 1.82) is 0 Å². The molecule has 2 heterocycles. The van der Waals surface area contributed by atoms with E-state index in [-0.39, 0.29) is 0 Å². The summed E-state index contributed by atoms with van der Waals surface area (Å²) in [7, 11) is 0. The quantitative estimate of drug-likeness (QED) is 0.889. The molecule has 21 heavy (non-hydrogen) atoms. The fourth-order valence-electron chi connectivity index (χ4n) is 2.46. The number of carbonyl (C=O) groups is 1. The number of anilines is 1. The average Bonchev–Trinajstić information content (AvgIpc) is 2.56. The maximum absolute atomic E-state index is 11.1. The Morgan fingerprint density at radius 3 is 2.29 bits per heavy atom. The number of nitrogens with zero attached hydrogens (tertiary/aromatic N) is 2. The van der Waals surface area contributed by atoms with Gasteiger partial charge in [-0.1, -0.05) is 12.1 Å². The number of benzene rings is 1. The third kappa shape index (κ3) is 3.03. The molecule has 0 aliphatic carbocycles. The molecule has 1 aromatic heterocycles. The van der Waals surface area contributed by atoms with Gasteiger partial charge in [-0.15, -0.1) is 0 Å². The number of hydrogen-bond acceptors (Lipinski definition) is 4. The highest BCUT2D eigenvalue weighted by Gasteiger charge is 2.11. The van der Waals surface area contributed by atoms with Crippen molar-refractivity contribution >= 4 is 11.7 Å². The minimum atomic E-state index is -0.409. The van der Waals surface area contributed by atoms with Crippen LogP contribution in [0.1, 0.15) is 10.4 Å². The fraction of sp³-hybridized carbons (Fsp3) is 0.250. The summed E-state index contributed by atoms with van der Waals surface area (Å²) < 4.78 is 0. The molecule has 5 nitrogen and oxygen atoms in total. The van der Waals surface area contributed by atoms with Crippen molar-refractivity contribution in [2.75, 3.05) is 31.1 Å². The maximum Gasteiger partial charge on any atom is 0.248 e. The van der Waals surface area contributed by atoms with Crippen LogP contribution in [0.4, 0.5) is 5.82 Å². The van der Waals surface area contributed by atoms with Crippen LogP contribution in [0.5, 0.6) is 0 Å². The highest BCUT2D eigenvalue weighted by Crippen LogP contribution is 2.21. The standard InChI is InChI=1S/C16H18N4O/c17-16(21)13-3-1-12(2-4-13)14-5-6-15(19-11-14)20-9-7-18-8-10-20/h1-6,11,18H,7-10H2,(H2,17,21). The summed E-state index contributed by atoms with van der Waals surface area (Å²) in [6.07, 6.45) is 1.87. The van der Waals surface area contributed by atoms with E-state index < -0.39 is 5.91 Å². The van der Waals surface area contributed by atoms with Gasteiger partial charge >= 0.3 is 0 Å². The van der Waals surface area contributed by atoms with Crippen molar-refractivity contribution < 1.29 is 4.79 Å². The lowest BCUT2D eigenvalue weighted by Crippen LogP contribution is -2.43. The minimum Gasteiger partial charge on any atom is -0.366 e. The number of nitrogens with two attached hydrogens (primary N) is 1. The van der Waals surface area contributed by atoms with E-state index in [4.69, 9.17) is 5.73 Å². The second kappa shape index (κ2) is 5.93. The zero-order chi connectivity index (χ0) is 14.7. The first-order valence-electron chi connectivity index (χ1n) is 7.06. The Morgan fingerprint density at radius 2 is 1.71 bits per heavy atom. The zero-order valence-electron chi connectivity index (χ0n) is 11.7. The number of primary amides is 1. The Morgan fingerprint density at radius 1 is 1.05 bits per heavy atom. The Hall–Kier alpha value is -2.40. The first-order chi connectivity index (χ1) is 10.2. The third-order valence-corrected chi connectivity index (χ3v) is 3.69. The van der Waals surface area contributed by atoms with Gasteiger partial charge in [-0.05, 0) is 29.8 Å². The van der Waals surface area contributed by atoms with Crippen LogP contribution in [0.15, 0.2) is 42.6 Å². The molecule has 2 aromatic rings. The topological polar surface area (TPSA) is 71.2 Å². The fourth-order valence-corrected chi connectivity index (χ4v) is 2.46. The Labute approximate surface area is 123 Å². The van der Waals surface area contributed by atoms with Crippen molar-refractivity contribution in [2.24, 2.45) is 5.73 Å². The van der Waals surface area contributed by atoms with Gasteiger partial charge in [0.1, 0.15) is 5.82 Å². The van der Waals surface area contributed by atoms with Gasteiger partial charge in [0.2, 0.25) is 5.91 Å². The number of amides is 1. The predicted octanol–water partition coefficient (Wildman–Crippen LogP) is 1.26. The summed E-state index contributed by atoms with van der Waals surface area (Å²) >= 11 is 0. The van der Waals surface area contributed by atoms with Crippen molar-refractivity contribution in [2.45, 2.75) is 0 Å². The summed E-state index contributed by atoms with van der Waals surface area (Å²) in [4.78, 5) is 17.9. The maximum atomic E-state index is 11.1. The van der Waals surface area contributed by atoms with E-state index in [2.05, 4.69) is 21.3 Å². The van der Waals surface area contributed by atoms with Gasteiger partial charge in [-0.3, -0.25) is 4.79 Å². The van der Waals surface area contributed by atoms with Crippen LogP contribution in [0.2, 0.25) is 0 Å². The zero-order valence-corrected chi connectivity index (χ0v) is 11.7. The van der Waals surface area contributed by atoms with Crippen LogP contribution in [-0.2, 0) is 0 Å². The van der Waals surface area contributed by atoms with Gasteiger partial charge < -0.3 is 16.0 Å². The third-order valence-electron chi connectivity index (χ3n) is 3.69. The minimum absolute atomic E-state index is 0.409. The molecule has 0 spiro atoms. The second-order valence-electron chi connectivity index (χ2n) is 5.08. The molecular formula is C16H18N4O. The van der Waals surface area contributed by atoms with E-state index in [9.17, 15) is 4.79 Å². The number of carbonyl (C=O) groups excluding carboxylic acids is 1. The van der Waals surface area contributed by atoms with E-state index >= 15 is 0 Å². The average molecular weight is 282 g/mol. The SMILES string of the molecule is NC(=O)c1ccc(-c2ccc(N3CCNCC3)nc2)cc1. The van der Waals surface area contributed by atoms with Gasteiger partial charge in [0, 0.05) is 43.5 Å². The van der Waals surface area contributed by atoms with E-state index in [1.165, 1.54) is 0 Å². The summed E-state index contributed by atoms with van der Waals surface area (Å²) in [6.45, 7) is 3.97. The lowest BCUT2D eigenvalue weighted by atomic mass is 10.1. The molecule has 3 N–H and O–H groups in total. The molecule has 1 amide bonds. The molecule has 1 aliphatic rings. The molecule has 1 fully saturated rings. The monoisotopic (exact) mass is 282 g/mol. The Balaban J connectivity index is 1.78. The van der Waals surface area contributed by atoms with Crippen LogP contribution in [0.25, 0.3) is 11.1 Å². The van der Waals surface area contributed by atoms with Crippen molar-refractivity contribution in [1.82, 2.24) is 10.3 Å². The Bertz CT molecular complexity index is 616. The first-order valence-corrected chi connectivity index (χ1v) is 7.06. The molecule has 0 unspecified atom stereocenters. The molecule has 0 saturated carbocycles. The largest absolute Gasteiger partial charge is 0.366 e. The molecule has 5 heteroatoms. The summed E-state index contributed by atoms with van der Waals surface area (Å²) in [6, 6.07) is 11.4. The molecule has 0 atom stereocenters. The van der Waals surface area contributed by atoms with Gasteiger partial charge in [0.15, 0.2) is 0 Å². The van der Waals surface area contributed by atoms with E-state index in [0.29, 0.717) is 5.56 Å². The summed E-state index contributed by atoms with van der Waals surface area (Å²) in [5, 5.41) is 3.33. The predicted molar refractivity (Wildman–Crippen MR) is 83.3 cm³/mol. The van der Waals surface area contributed by atoms with Crippen LogP contribution in [-0.4, -0.2) is 37.1 Å². The lowest BCUT2D eigenvalue weighted by Gasteiger charge is -2.28. The number of hydrogen-bond donors (Lipinski definition) is 2. The molecule has 108 valence electrons. The van der Waals surface area contributed by atoms with Gasteiger partial charge in [0.25, 0.3) is 0 Å². The lowest BCUT2D eigenvalue weighted by molar-refractivity contribution is 0.100. The van der Waals surface area contributed by atoms with Crippen LogP contribution in [0.3, 0.4) is 0 Å². The molecule has 0 bridgehead atoms.